The molecule has 2 amide bonds. The van der Waals surface area contributed by atoms with Crippen molar-refractivity contribution < 1.29 is 23.8 Å². The SMILES string of the molecule is COc1ccc(C(=O)NC(C(=O)N/N=C/c2ccc(OCc3ccc(Cl)cc3Cl)c(OC)c2)C(C)C)cc1. The predicted octanol–water partition coefficient (Wildman–Crippen LogP) is 5.49. The first-order valence-corrected chi connectivity index (χ1v) is 12.5. The van der Waals surface area contributed by atoms with Gasteiger partial charge in [-0.2, -0.15) is 5.10 Å². The number of halogens is 2. The first-order valence-electron chi connectivity index (χ1n) is 11.7. The molecule has 200 valence electrons. The van der Waals surface area contributed by atoms with E-state index in [1.54, 1.807) is 67.8 Å². The highest BCUT2D eigenvalue weighted by molar-refractivity contribution is 6.35. The third kappa shape index (κ3) is 7.87. The molecule has 38 heavy (non-hydrogen) atoms. The minimum absolute atomic E-state index is 0.168. The lowest BCUT2D eigenvalue weighted by Crippen LogP contribution is -2.48. The number of rotatable bonds is 11. The highest BCUT2D eigenvalue weighted by Gasteiger charge is 2.24. The predicted molar refractivity (Wildman–Crippen MR) is 149 cm³/mol. The zero-order valence-electron chi connectivity index (χ0n) is 21.5. The summed E-state index contributed by atoms with van der Waals surface area (Å²) in [7, 11) is 3.07. The molecule has 0 bridgehead atoms. The van der Waals surface area contributed by atoms with Gasteiger partial charge in [-0.3, -0.25) is 9.59 Å². The normalized spacial score (nSPS) is 11.8. The molecule has 0 aliphatic rings. The second-order valence-electron chi connectivity index (χ2n) is 8.59. The van der Waals surface area contributed by atoms with Crippen LogP contribution in [0.2, 0.25) is 10.0 Å². The number of nitrogens with zero attached hydrogens (tertiary/aromatic N) is 1. The molecule has 0 aromatic heterocycles. The summed E-state index contributed by atoms with van der Waals surface area (Å²) in [6.07, 6.45) is 1.48. The van der Waals surface area contributed by atoms with Crippen molar-refractivity contribution in [1.29, 1.82) is 0 Å². The van der Waals surface area contributed by atoms with Crippen LogP contribution in [0.25, 0.3) is 0 Å². The fourth-order valence-corrected chi connectivity index (χ4v) is 3.88. The minimum atomic E-state index is -0.785. The van der Waals surface area contributed by atoms with Crippen LogP contribution in [-0.2, 0) is 11.4 Å². The number of benzene rings is 3. The number of ether oxygens (including phenoxy) is 3. The Morgan fingerprint density at radius 3 is 2.32 bits per heavy atom. The van der Waals surface area contributed by atoms with E-state index in [1.807, 2.05) is 13.8 Å². The van der Waals surface area contributed by atoms with Gasteiger partial charge in [0.25, 0.3) is 11.8 Å². The Morgan fingerprint density at radius 1 is 0.947 bits per heavy atom. The van der Waals surface area contributed by atoms with Gasteiger partial charge in [0.2, 0.25) is 0 Å². The quantitative estimate of drug-likeness (QED) is 0.240. The lowest BCUT2D eigenvalue weighted by molar-refractivity contribution is -0.123. The van der Waals surface area contributed by atoms with E-state index in [-0.39, 0.29) is 18.4 Å². The van der Waals surface area contributed by atoms with Crippen LogP contribution < -0.4 is 25.0 Å². The Bertz CT molecular complexity index is 1300. The monoisotopic (exact) mass is 557 g/mol. The van der Waals surface area contributed by atoms with Gasteiger partial charge in [-0.15, -0.1) is 0 Å². The standard InChI is InChI=1S/C28H29Cl2N3O5/c1-17(2)26(32-27(34)19-7-10-22(36-3)11-8-19)28(35)33-31-15-18-5-12-24(25(13-18)37-4)38-16-20-6-9-21(29)14-23(20)30/h5-15,17,26H,16H2,1-4H3,(H,32,34)(H,33,35)/b31-15+. The van der Waals surface area contributed by atoms with Crippen LogP contribution in [0.15, 0.2) is 65.8 Å². The van der Waals surface area contributed by atoms with Crippen molar-refractivity contribution in [3.8, 4) is 17.2 Å². The molecule has 3 rings (SSSR count). The average Bonchev–Trinajstić information content (AvgIpc) is 2.91. The summed E-state index contributed by atoms with van der Waals surface area (Å²) in [5.41, 5.74) is 4.36. The number of hydrogen-bond acceptors (Lipinski definition) is 6. The maximum Gasteiger partial charge on any atom is 0.262 e. The molecule has 8 nitrogen and oxygen atoms in total. The molecule has 1 atom stereocenters. The van der Waals surface area contributed by atoms with Gasteiger partial charge in [-0.1, -0.05) is 43.1 Å². The van der Waals surface area contributed by atoms with Gasteiger partial charge in [-0.05, 0) is 66.1 Å². The molecule has 0 saturated heterocycles. The van der Waals surface area contributed by atoms with Crippen LogP contribution in [0, 0.1) is 5.92 Å². The molecule has 3 aromatic carbocycles. The van der Waals surface area contributed by atoms with E-state index in [2.05, 4.69) is 15.8 Å². The van der Waals surface area contributed by atoms with Crippen molar-refractivity contribution in [2.24, 2.45) is 11.0 Å². The number of carbonyl (C=O) groups is 2. The number of hydrogen-bond donors (Lipinski definition) is 2. The summed E-state index contributed by atoms with van der Waals surface area (Å²) in [6, 6.07) is 16.3. The van der Waals surface area contributed by atoms with Gasteiger partial charge in [0, 0.05) is 21.2 Å². The molecule has 0 aliphatic carbocycles. The number of amides is 2. The van der Waals surface area contributed by atoms with Gasteiger partial charge in [0.05, 0.1) is 20.4 Å². The van der Waals surface area contributed by atoms with Gasteiger partial charge < -0.3 is 19.5 Å². The molecule has 0 spiro atoms. The zero-order valence-corrected chi connectivity index (χ0v) is 23.0. The van der Waals surface area contributed by atoms with Crippen molar-refractivity contribution >= 4 is 41.2 Å². The lowest BCUT2D eigenvalue weighted by Gasteiger charge is -2.20. The topological polar surface area (TPSA) is 98.2 Å². The molecule has 10 heteroatoms. The number of carbonyl (C=O) groups excluding carboxylic acids is 2. The van der Waals surface area contributed by atoms with Crippen LogP contribution in [0.5, 0.6) is 17.2 Å². The molecule has 3 aromatic rings. The van der Waals surface area contributed by atoms with Crippen molar-refractivity contribution in [1.82, 2.24) is 10.7 Å². The van der Waals surface area contributed by atoms with Crippen molar-refractivity contribution in [2.45, 2.75) is 26.5 Å². The Morgan fingerprint density at radius 2 is 1.68 bits per heavy atom. The third-order valence-corrected chi connectivity index (χ3v) is 6.15. The fourth-order valence-electron chi connectivity index (χ4n) is 3.42. The van der Waals surface area contributed by atoms with E-state index in [4.69, 9.17) is 37.4 Å². The van der Waals surface area contributed by atoms with Crippen molar-refractivity contribution in [3.05, 3.63) is 87.4 Å². The molecular formula is C28H29Cl2N3O5. The van der Waals surface area contributed by atoms with Gasteiger partial charge in [0.15, 0.2) is 11.5 Å². The van der Waals surface area contributed by atoms with Gasteiger partial charge in [0.1, 0.15) is 18.4 Å². The Hall–Kier alpha value is -3.75. The van der Waals surface area contributed by atoms with E-state index in [1.165, 1.54) is 13.3 Å². The van der Waals surface area contributed by atoms with Crippen molar-refractivity contribution in [3.63, 3.8) is 0 Å². The third-order valence-electron chi connectivity index (χ3n) is 5.56. The van der Waals surface area contributed by atoms with Gasteiger partial charge in [-0.25, -0.2) is 5.43 Å². The summed E-state index contributed by atoms with van der Waals surface area (Å²) in [5.74, 6) is 0.655. The molecule has 0 aliphatic heterocycles. The second kappa shape index (κ2) is 13.7. The molecule has 0 radical (unpaired) electrons. The number of hydrazone groups is 1. The smallest absolute Gasteiger partial charge is 0.262 e. The van der Waals surface area contributed by atoms with Crippen LogP contribution >= 0.6 is 23.2 Å². The highest BCUT2D eigenvalue weighted by Crippen LogP contribution is 2.30. The molecule has 0 heterocycles. The second-order valence-corrected chi connectivity index (χ2v) is 9.44. The minimum Gasteiger partial charge on any atom is -0.497 e. The Labute approximate surface area is 231 Å². The summed E-state index contributed by atoms with van der Waals surface area (Å²) < 4.78 is 16.4. The van der Waals surface area contributed by atoms with Crippen LogP contribution in [-0.4, -0.2) is 38.3 Å². The van der Waals surface area contributed by atoms with Gasteiger partial charge >= 0.3 is 0 Å². The first kappa shape index (κ1) is 28.8. The van der Waals surface area contributed by atoms with Crippen LogP contribution in [0.4, 0.5) is 0 Å². The molecular weight excluding hydrogens is 529 g/mol. The van der Waals surface area contributed by atoms with E-state index in [9.17, 15) is 9.59 Å². The van der Waals surface area contributed by atoms with E-state index >= 15 is 0 Å². The molecule has 1 unspecified atom stereocenters. The molecule has 0 saturated carbocycles. The first-order chi connectivity index (χ1) is 18.2. The summed E-state index contributed by atoms with van der Waals surface area (Å²) in [5, 5.41) is 7.86. The largest absolute Gasteiger partial charge is 0.497 e. The van der Waals surface area contributed by atoms with Crippen LogP contribution in [0.1, 0.15) is 35.3 Å². The summed E-state index contributed by atoms with van der Waals surface area (Å²) in [6.45, 7) is 3.90. The Kier molecular flexibility index (Phi) is 10.4. The fraction of sp³-hybridized carbons (Fsp3) is 0.250. The average molecular weight is 558 g/mol. The zero-order chi connectivity index (χ0) is 27.7. The molecule has 2 N–H and O–H groups in total. The lowest BCUT2D eigenvalue weighted by atomic mass is 10.0. The van der Waals surface area contributed by atoms with E-state index < -0.39 is 11.9 Å². The number of nitrogens with one attached hydrogen (secondary N) is 2. The Balaban J connectivity index is 1.61. The molecule has 0 fully saturated rings. The van der Waals surface area contributed by atoms with Crippen molar-refractivity contribution in [2.75, 3.05) is 14.2 Å². The van der Waals surface area contributed by atoms with E-state index in [0.717, 1.165) is 5.56 Å². The maximum atomic E-state index is 12.8. The maximum absolute atomic E-state index is 12.8. The summed E-state index contributed by atoms with van der Waals surface area (Å²) >= 11 is 12.2. The highest BCUT2D eigenvalue weighted by atomic mass is 35.5. The summed E-state index contributed by atoms with van der Waals surface area (Å²) in [4.78, 5) is 25.4. The number of methoxy groups -OCH3 is 2. The van der Waals surface area contributed by atoms with Crippen LogP contribution in [0.3, 0.4) is 0 Å². The van der Waals surface area contributed by atoms with E-state index in [0.29, 0.717) is 38.4 Å².